The quantitative estimate of drug-likeness (QED) is 0.650. The lowest BCUT2D eigenvalue weighted by molar-refractivity contribution is 0.507. The van der Waals surface area contributed by atoms with Gasteiger partial charge in [-0.05, 0) is 45.4 Å². The summed E-state index contributed by atoms with van der Waals surface area (Å²) in [5.41, 5.74) is 6.94. The Balaban J connectivity index is 2.77. The number of hydrogen-bond acceptors (Lipinski definition) is 1. The number of nitrogens with zero attached hydrogens (tertiary/aromatic N) is 1. The second kappa shape index (κ2) is 5.54. The Kier molecular flexibility index (Phi) is 4.57. The van der Waals surface area contributed by atoms with E-state index >= 15 is 0 Å². The van der Waals surface area contributed by atoms with Crippen molar-refractivity contribution in [2.75, 3.05) is 0 Å². The number of hydrogen-bond donors (Lipinski definition) is 2. The Morgan fingerprint density at radius 2 is 2.06 bits per heavy atom. The van der Waals surface area contributed by atoms with E-state index in [-0.39, 0.29) is 11.6 Å². The largest absolute Gasteiger partial charge is 0.370 e. The third-order valence-corrected chi connectivity index (χ3v) is 2.66. The number of halogens is 1. The van der Waals surface area contributed by atoms with Crippen LogP contribution in [-0.4, -0.2) is 11.5 Å². The van der Waals surface area contributed by atoms with Crippen LogP contribution in [0.1, 0.15) is 39.3 Å². The minimum absolute atomic E-state index is 0.0438. The summed E-state index contributed by atoms with van der Waals surface area (Å²) in [5.74, 6) is 0.477. The van der Waals surface area contributed by atoms with Crippen LogP contribution >= 0.6 is 15.9 Å². The summed E-state index contributed by atoms with van der Waals surface area (Å²) in [6.07, 6.45) is 0. The van der Waals surface area contributed by atoms with Crippen LogP contribution in [0.5, 0.6) is 0 Å². The lowest BCUT2D eigenvalue weighted by atomic mass is 10.1. The Morgan fingerprint density at radius 3 is 2.59 bits per heavy atom. The highest BCUT2D eigenvalue weighted by molar-refractivity contribution is 9.10. The molecule has 17 heavy (non-hydrogen) atoms. The molecule has 0 radical (unpaired) electrons. The van der Waals surface area contributed by atoms with E-state index < -0.39 is 0 Å². The second-order valence-electron chi connectivity index (χ2n) is 5.12. The molecule has 1 aromatic rings. The summed E-state index contributed by atoms with van der Waals surface area (Å²) in [4.78, 5) is 4.44. The van der Waals surface area contributed by atoms with Gasteiger partial charge in [-0.1, -0.05) is 28.1 Å². The summed E-state index contributed by atoms with van der Waals surface area (Å²) in [7, 11) is 0. The average molecular weight is 298 g/mol. The molecule has 1 aromatic carbocycles. The van der Waals surface area contributed by atoms with E-state index in [0.717, 1.165) is 10.0 Å². The van der Waals surface area contributed by atoms with Gasteiger partial charge in [0, 0.05) is 10.0 Å². The third-order valence-electron chi connectivity index (χ3n) is 2.17. The number of nitrogens with one attached hydrogen (secondary N) is 1. The van der Waals surface area contributed by atoms with Gasteiger partial charge < -0.3 is 11.1 Å². The highest BCUT2D eigenvalue weighted by Gasteiger charge is 2.11. The number of nitrogens with two attached hydrogens (primary N) is 1. The molecule has 0 fully saturated rings. The molecule has 94 valence electrons. The summed E-state index contributed by atoms with van der Waals surface area (Å²) in [6, 6.07) is 8.14. The molecule has 0 bridgehead atoms. The molecule has 0 spiro atoms. The van der Waals surface area contributed by atoms with Crippen molar-refractivity contribution in [1.82, 2.24) is 5.32 Å². The molecule has 0 aliphatic carbocycles. The van der Waals surface area contributed by atoms with Crippen molar-refractivity contribution in [3.05, 3.63) is 34.3 Å². The van der Waals surface area contributed by atoms with Crippen LogP contribution in [0.3, 0.4) is 0 Å². The maximum Gasteiger partial charge on any atom is 0.189 e. The molecule has 1 unspecified atom stereocenters. The fraction of sp³-hybridized carbons (Fsp3) is 0.462. The Hall–Kier alpha value is -1.03. The van der Waals surface area contributed by atoms with Gasteiger partial charge in [-0.3, -0.25) is 0 Å². The Morgan fingerprint density at radius 1 is 1.41 bits per heavy atom. The predicted octanol–water partition coefficient (Wildman–Crippen LogP) is 3.21. The van der Waals surface area contributed by atoms with E-state index in [4.69, 9.17) is 5.73 Å². The fourth-order valence-corrected chi connectivity index (χ4v) is 1.88. The van der Waals surface area contributed by atoms with E-state index in [1.807, 2.05) is 25.1 Å². The zero-order chi connectivity index (χ0) is 13.1. The minimum Gasteiger partial charge on any atom is -0.370 e. The van der Waals surface area contributed by atoms with Crippen LogP contribution in [0.4, 0.5) is 0 Å². The van der Waals surface area contributed by atoms with E-state index in [2.05, 4.69) is 53.1 Å². The minimum atomic E-state index is -0.0649. The molecule has 4 heteroatoms. The summed E-state index contributed by atoms with van der Waals surface area (Å²) < 4.78 is 1.06. The molecular weight excluding hydrogens is 278 g/mol. The molecule has 0 amide bonds. The predicted molar refractivity (Wildman–Crippen MR) is 77.1 cm³/mol. The van der Waals surface area contributed by atoms with Crippen molar-refractivity contribution in [2.45, 2.75) is 39.3 Å². The highest BCUT2D eigenvalue weighted by Crippen LogP contribution is 2.20. The van der Waals surface area contributed by atoms with Gasteiger partial charge in [0.05, 0.1) is 6.04 Å². The van der Waals surface area contributed by atoms with Crippen molar-refractivity contribution >= 4 is 21.9 Å². The summed E-state index contributed by atoms with van der Waals surface area (Å²) >= 11 is 3.45. The first-order valence-electron chi connectivity index (χ1n) is 5.65. The lowest BCUT2D eigenvalue weighted by Gasteiger charge is -2.22. The number of benzene rings is 1. The topological polar surface area (TPSA) is 50.4 Å². The van der Waals surface area contributed by atoms with Crippen LogP contribution in [0, 0.1) is 0 Å². The molecule has 1 rings (SSSR count). The first-order chi connectivity index (χ1) is 7.78. The molecule has 0 saturated heterocycles. The molecule has 0 aliphatic heterocycles. The van der Waals surface area contributed by atoms with Gasteiger partial charge in [-0.2, -0.15) is 0 Å². The van der Waals surface area contributed by atoms with Gasteiger partial charge in [-0.25, -0.2) is 4.99 Å². The SMILES string of the molecule is CC(N=C(N)NC(C)(C)C)c1cccc(Br)c1. The first-order valence-corrected chi connectivity index (χ1v) is 6.44. The van der Waals surface area contributed by atoms with Crippen LogP contribution in [0.25, 0.3) is 0 Å². The zero-order valence-corrected chi connectivity index (χ0v) is 12.4. The Bertz CT molecular complexity index is 407. The van der Waals surface area contributed by atoms with E-state index in [1.54, 1.807) is 0 Å². The van der Waals surface area contributed by atoms with Crippen LogP contribution in [-0.2, 0) is 0 Å². The normalized spacial score (nSPS) is 14.5. The van der Waals surface area contributed by atoms with Crippen molar-refractivity contribution in [1.29, 1.82) is 0 Å². The molecule has 3 nitrogen and oxygen atoms in total. The fourth-order valence-electron chi connectivity index (χ4n) is 1.47. The zero-order valence-electron chi connectivity index (χ0n) is 10.8. The summed E-state index contributed by atoms with van der Waals surface area (Å²) in [6.45, 7) is 8.19. The van der Waals surface area contributed by atoms with E-state index in [1.165, 1.54) is 0 Å². The molecule has 3 N–H and O–H groups in total. The second-order valence-corrected chi connectivity index (χ2v) is 6.04. The van der Waals surface area contributed by atoms with Gasteiger partial charge in [-0.15, -0.1) is 0 Å². The van der Waals surface area contributed by atoms with Gasteiger partial charge in [0.25, 0.3) is 0 Å². The standard InChI is InChI=1S/C13H20BrN3/c1-9(10-6-5-7-11(14)8-10)16-12(15)17-13(2,3)4/h5-9H,1-4H3,(H3,15,16,17). The molecule has 1 atom stereocenters. The maximum atomic E-state index is 5.86. The number of guanidine groups is 1. The average Bonchev–Trinajstić information content (AvgIpc) is 2.14. The maximum absolute atomic E-state index is 5.86. The molecule has 0 aromatic heterocycles. The van der Waals surface area contributed by atoms with Gasteiger partial charge in [0.1, 0.15) is 0 Å². The monoisotopic (exact) mass is 297 g/mol. The van der Waals surface area contributed by atoms with Gasteiger partial charge in [0.2, 0.25) is 0 Å². The van der Waals surface area contributed by atoms with Gasteiger partial charge in [0.15, 0.2) is 5.96 Å². The van der Waals surface area contributed by atoms with E-state index in [0.29, 0.717) is 5.96 Å². The van der Waals surface area contributed by atoms with Crippen molar-refractivity contribution in [3.8, 4) is 0 Å². The van der Waals surface area contributed by atoms with Crippen molar-refractivity contribution < 1.29 is 0 Å². The molecule has 0 aliphatic rings. The van der Waals surface area contributed by atoms with Crippen molar-refractivity contribution in [2.24, 2.45) is 10.7 Å². The number of rotatable bonds is 2. The van der Waals surface area contributed by atoms with Crippen LogP contribution < -0.4 is 11.1 Å². The van der Waals surface area contributed by atoms with Gasteiger partial charge >= 0.3 is 0 Å². The summed E-state index contributed by atoms with van der Waals surface area (Å²) in [5, 5.41) is 3.15. The molecule has 0 saturated carbocycles. The Labute approximate surface area is 112 Å². The highest BCUT2D eigenvalue weighted by atomic mass is 79.9. The molecule has 0 heterocycles. The van der Waals surface area contributed by atoms with Crippen molar-refractivity contribution in [3.63, 3.8) is 0 Å². The number of aliphatic imine (C=N–C) groups is 1. The van der Waals surface area contributed by atoms with E-state index in [9.17, 15) is 0 Å². The van der Waals surface area contributed by atoms with Crippen LogP contribution in [0.15, 0.2) is 33.7 Å². The van der Waals surface area contributed by atoms with Crippen LogP contribution in [0.2, 0.25) is 0 Å². The third kappa shape index (κ3) is 5.22. The lowest BCUT2D eigenvalue weighted by Crippen LogP contribution is -2.45. The molecular formula is C13H20BrN3. The first kappa shape index (κ1) is 14.0. The smallest absolute Gasteiger partial charge is 0.189 e.